The normalized spacial score (nSPS) is 16.0. The average molecular weight is 436 g/mol. The van der Waals surface area contributed by atoms with Crippen LogP contribution in [-0.4, -0.2) is 43.9 Å². The summed E-state index contributed by atoms with van der Waals surface area (Å²) >= 11 is 0. The molecule has 31 heavy (non-hydrogen) atoms. The van der Waals surface area contributed by atoms with E-state index in [9.17, 15) is 14.7 Å². The van der Waals surface area contributed by atoms with E-state index in [1.54, 1.807) is 13.0 Å². The molecule has 0 fully saturated rings. The molecule has 0 saturated heterocycles. The standard InChI is InChI=1S/C19H42N.C8H8O3/c1-5-6-7-8-9-10-11-12-13-14-15-16-17-18-19-20(2,3)4;1-5-2-3-6(8(10)11)4-7(5)9/h5-19H2,1-4H3;2-5H,1H3,(H,10,11)/q+1;/p-1. The zero-order valence-corrected chi connectivity index (χ0v) is 21.1. The zero-order valence-electron chi connectivity index (χ0n) is 21.1. The molecule has 1 atom stereocenters. The van der Waals surface area contributed by atoms with Gasteiger partial charge in [-0.1, -0.05) is 103 Å². The molecule has 4 heteroatoms. The topological polar surface area (TPSA) is 57.2 Å². The molecule has 1 aliphatic carbocycles. The fraction of sp³-hybridized carbons (Fsp3) is 0.778. The molecule has 0 heterocycles. The lowest BCUT2D eigenvalue weighted by atomic mass is 9.97. The summed E-state index contributed by atoms with van der Waals surface area (Å²) in [5, 5.41) is 10.2. The van der Waals surface area contributed by atoms with Crippen molar-refractivity contribution in [2.75, 3.05) is 27.7 Å². The van der Waals surface area contributed by atoms with Crippen molar-refractivity contribution in [3.8, 4) is 0 Å². The van der Waals surface area contributed by atoms with Gasteiger partial charge in [0.05, 0.1) is 33.7 Å². The summed E-state index contributed by atoms with van der Waals surface area (Å²) < 4.78 is 1.12. The van der Waals surface area contributed by atoms with Crippen LogP contribution >= 0.6 is 0 Å². The first-order chi connectivity index (χ1) is 14.7. The molecule has 4 nitrogen and oxygen atoms in total. The number of carboxylic acids is 1. The molecule has 1 aliphatic rings. The van der Waals surface area contributed by atoms with Gasteiger partial charge in [0.15, 0.2) is 5.78 Å². The van der Waals surface area contributed by atoms with E-state index in [4.69, 9.17) is 0 Å². The van der Waals surface area contributed by atoms with E-state index in [1.807, 2.05) is 0 Å². The lowest BCUT2D eigenvalue weighted by molar-refractivity contribution is -0.870. The number of allylic oxidation sites excluding steroid dienone is 2. The molecular formula is C27H49NO3. The number of rotatable bonds is 16. The number of aliphatic carboxylic acids is 1. The first-order valence-corrected chi connectivity index (χ1v) is 12.6. The number of quaternary nitrogens is 1. The average Bonchev–Trinajstić information content (AvgIpc) is 2.70. The van der Waals surface area contributed by atoms with E-state index in [0.717, 1.165) is 10.6 Å². The van der Waals surface area contributed by atoms with Gasteiger partial charge in [0.1, 0.15) is 0 Å². The van der Waals surface area contributed by atoms with Crippen LogP contribution in [-0.2, 0) is 9.59 Å². The molecule has 0 radical (unpaired) electrons. The Labute approximate surface area is 192 Å². The minimum Gasteiger partial charge on any atom is -0.545 e. The van der Waals surface area contributed by atoms with E-state index in [2.05, 4.69) is 28.1 Å². The van der Waals surface area contributed by atoms with Crippen LogP contribution in [0.25, 0.3) is 0 Å². The number of carboxylic acid groups (broad SMARTS) is 1. The Morgan fingerprint density at radius 3 is 1.61 bits per heavy atom. The number of carbonyl (C=O) groups excluding carboxylic acids is 2. The van der Waals surface area contributed by atoms with Crippen LogP contribution in [0, 0.1) is 5.92 Å². The lowest BCUT2D eigenvalue weighted by Gasteiger charge is -2.23. The number of carbonyl (C=O) groups is 2. The van der Waals surface area contributed by atoms with E-state index in [0.29, 0.717) is 0 Å². The predicted octanol–water partition coefficient (Wildman–Crippen LogP) is 5.61. The number of hydrogen-bond donors (Lipinski definition) is 0. The Morgan fingerprint density at radius 1 is 0.839 bits per heavy atom. The van der Waals surface area contributed by atoms with Crippen LogP contribution < -0.4 is 5.11 Å². The maximum Gasteiger partial charge on any atom is 0.162 e. The highest BCUT2D eigenvalue weighted by Gasteiger charge is 2.12. The zero-order chi connectivity index (χ0) is 23.5. The molecule has 0 aromatic carbocycles. The van der Waals surface area contributed by atoms with Crippen LogP contribution in [0.2, 0.25) is 0 Å². The Hall–Kier alpha value is -1.42. The van der Waals surface area contributed by atoms with Crippen molar-refractivity contribution in [1.29, 1.82) is 0 Å². The fourth-order valence-corrected chi connectivity index (χ4v) is 3.58. The quantitative estimate of drug-likeness (QED) is 0.234. The SMILES string of the molecule is CC1C=CC(C(=O)[O-])=CC1=O.CCCCCCCCCCCCCCCC[N+](C)(C)C. The van der Waals surface area contributed by atoms with Crippen LogP contribution in [0.3, 0.4) is 0 Å². The highest BCUT2D eigenvalue weighted by atomic mass is 16.4. The Balaban J connectivity index is 0.000000683. The van der Waals surface area contributed by atoms with E-state index < -0.39 is 5.97 Å². The molecule has 180 valence electrons. The summed E-state index contributed by atoms with van der Waals surface area (Å²) in [5.41, 5.74) is -0.0481. The van der Waals surface area contributed by atoms with Gasteiger partial charge in [-0.05, 0) is 18.9 Å². The molecule has 0 aromatic rings. The lowest BCUT2D eigenvalue weighted by Crippen LogP contribution is -2.35. The molecule has 1 unspecified atom stereocenters. The van der Waals surface area contributed by atoms with Gasteiger partial charge >= 0.3 is 0 Å². The molecule has 0 N–H and O–H groups in total. The van der Waals surface area contributed by atoms with Crippen molar-refractivity contribution in [2.45, 2.75) is 104 Å². The van der Waals surface area contributed by atoms with Gasteiger partial charge in [-0.2, -0.15) is 0 Å². The first-order valence-electron chi connectivity index (χ1n) is 12.6. The second-order valence-corrected chi connectivity index (χ2v) is 10.0. The summed E-state index contributed by atoms with van der Waals surface area (Å²) in [6.07, 6.45) is 24.4. The van der Waals surface area contributed by atoms with E-state index in [-0.39, 0.29) is 17.3 Å². The van der Waals surface area contributed by atoms with Gasteiger partial charge in [-0.25, -0.2) is 0 Å². The highest BCUT2D eigenvalue weighted by Crippen LogP contribution is 2.13. The molecule has 0 aromatic heterocycles. The van der Waals surface area contributed by atoms with Crippen LogP contribution in [0.1, 0.15) is 104 Å². The minimum atomic E-state index is -1.30. The van der Waals surface area contributed by atoms with Gasteiger partial charge in [0.25, 0.3) is 0 Å². The third kappa shape index (κ3) is 19.0. The Bertz CT molecular complexity index is 543. The fourth-order valence-electron chi connectivity index (χ4n) is 3.58. The second kappa shape index (κ2) is 18.2. The second-order valence-electron chi connectivity index (χ2n) is 10.0. The third-order valence-electron chi connectivity index (χ3n) is 5.73. The van der Waals surface area contributed by atoms with Crippen molar-refractivity contribution < 1.29 is 19.2 Å². The van der Waals surface area contributed by atoms with Crippen LogP contribution in [0.15, 0.2) is 23.8 Å². The number of unbranched alkanes of at least 4 members (excludes halogenated alkanes) is 13. The summed E-state index contributed by atoms with van der Waals surface area (Å²) in [4.78, 5) is 21.1. The van der Waals surface area contributed by atoms with Crippen molar-refractivity contribution in [1.82, 2.24) is 0 Å². The number of nitrogens with zero attached hydrogens (tertiary/aromatic N) is 1. The van der Waals surface area contributed by atoms with Gasteiger partial charge < -0.3 is 14.4 Å². The highest BCUT2D eigenvalue weighted by molar-refractivity contribution is 6.03. The van der Waals surface area contributed by atoms with Gasteiger partial charge in [0, 0.05) is 11.5 Å². The molecule has 1 rings (SSSR count). The van der Waals surface area contributed by atoms with E-state index in [1.165, 1.54) is 103 Å². The smallest absolute Gasteiger partial charge is 0.162 e. The van der Waals surface area contributed by atoms with Gasteiger partial charge in [0.2, 0.25) is 0 Å². The summed E-state index contributed by atoms with van der Waals surface area (Å²) in [5.74, 6) is -1.70. The molecule has 0 saturated carbocycles. The first kappa shape index (κ1) is 29.6. The largest absolute Gasteiger partial charge is 0.545 e. The predicted molar refractivity (Wildman–Crippen MR) is 130 cm³/mol. The monoisotopic (exact) mass is 435 g/mol. The minimum absolute atomic E-state index is 0.0481. The number of ketones is 1. The van der Waals surface area contributed by atoms with Crippen molar-refractivity contribution in [3.05, 3.63) is 23.8 Å². The van der Waals surface area contributed by atoms with Crippen molar-refractivity contribution in [3.63, 3.8) is 0 Å². The molecule has 0 spiro atoms. The maximum absolute atomic E-state index is 10.9. The molecule has 0 aliphatic heterocycles. The summed E-state index contributed by atoms with van der Waals surface area (Å²) in [7, 11) is 6.88. The Kier molecular flexibility index (Phi) is 17.3. The van der Waals surface area contributed by atoms with Gasteiger partial charge in [-0.15, -0.1) is 0 Å². The third-order valence-corrected chi connectivity index (χ3v) is 5.73. The van der Waals surface area contributed by atoms with Crippen molar-refractivity contribution in [2.24, 2.45) is 5.92 Å². The molecule has 0 bridgehead atoms. The van der Waals surface area contributed by atoms with Crippen molar-refractivity contribution >= 4 is 11.8 Å². The summed E-state index contributed by atoms with van der Waals surface area (Å²) in [6, 6.07) is 0. The molecule has 0 amide bonds. The maximum atomic E-state index is 10.9. The van der Waals surface area contributed by atoms with Gasteiger partial charge in [-0.3, -0.25) is 4.79 Å². The van der Waals surface area contributed by atoms with Crippen LogP contribution in [0.4, 0.5) is 0 Å². The molecular weight excluding hydrogens is 386 g/mol. The van der Waals surface area contributed by atoms with E-state index >= 15 is 0 Å². The van der Waals surface area contributed by atoms with Crippen LogP contribution in [0.5, 0.6) is 0 Å². The summed E-state index contributed by atoms with van der Waals surface area (Å²) in [6.45, 7) is 5.33. The Morgan fingerprint density at radius 2 is 1.26 bits per heavy atom. The number of hydrogen-bond acceptors (Lipinski definition) is 3.